The Kier molecular flexibility index (Phi) is 4.20. The zero-order valence-electron chi connectivity index (χ0n) is 9.98. The second-order valence-electron chi connectivity index (χ2n) is 3.84. The molecule has 0 spiro atoms. The van der Waals surface area contributed by atoms with E-state index in [4.69, 9.17) is 11.6 Å². The summed E-state index contributed by atoms with van der Waals surface area (Å²) in [4.78, 5) is 1.26. The molecule has 0 fully saturated rings. The number of nitrogens with zero attached hydrogens (tertiary/aromatic N) is 2. The average Bonchev–Trinajstić information content (AvgIpc) is 2.94. The Morgan fingerprint density at radius 2 is 2.41 bits per heavy atom. The van der Waals surface area contributed by atoms with Crippen molar-refractivity contribution in [2.24, 2.45) is 0 Å². The molecular weight excluding hydrogens is 254 g/mol. The first-order valence-electron chi connectivity index (χ1n) is 5.69. The summed E-state index contributed by atoms with van der Waals surface area (Å²) >= 11 is 7.98. The molecule has 2 heterocycles. The van der Waals surface area contributed by atoms with E-state index in [0.717, 1.165) is 23.7 Å². The number of aryl methyl sites for hydroxylation is 1. The van der Waals surface area contributed by atoms with Crippen LogP contribution in [0.15, 0.2) is 23.7 Å². The molecule has 0 saturated carbocycles. The molecule has 0 aliphatic heterocycles. The molecule has 0 aliphatic carbocycles. The van der Waals surface area contributed by atoms with Crippen LogP contribution in [-0.2, 0) is 6.54 Å². The van der Waals surface area contributed by atoms with Crippen molar-refractivity contribution in [1.29, 1.82) is 0 Å². The third kappa shape index (κ3) is 2.54. The molecular formula is C12H16ClN3S. The molecule has 2 aromatic heterocycles. The van der Waals surface area contributed by atoms with Crippen molar-refractivity contribution in [3.63, 3.8) is 0 Å². The van der Waals surface area contributed by atoms with Crippen molar-refractivity contribution < 1.29 is 0 Å². The van der Waals surface area contributed by atoms with E-state index in [1.807, 2.05) is 11.7 Å². The van der Waals surface area contributed by atoms with Crippen LogP contribution in [0, 0.1) is 0 Å². The Bertz CT molecular complexity index is 464. The lowest BCUT2D eigenvalue weighted by Gasteiger charge is -2.17. The van der Waals surface area contributed by atoms with E-state index in [-0.39, 0.29) is 6.04 Å². The largest absolute Gasteiger partial charge is 0.307 e. The summed E-state index contributed by atoms with van der Waals surface area (Å²) in [6.45, 7) is 3.03. The van der Waals surface area contributed by atoms with Gasteiger partial charge >= 0.3 is 0 Å². The predicted octanol–water partition coefficient (Wildman–Crippen LogP) is 3.32. The predicted molar refractivity (Wildman–Crippen MR) is 72.7 cm³/mol. The van der Waals surface area contributed by atoms with Crippen LogP contribution in [-0.4, -0.2) is 16.8 Å². The Balaban J connectivity index is 2.39. The van der Waals surface area contributed by atoms with E-state index >= 15 is 0 Å². The van der Waals surface area contributed by atoms with Gasteiger partial charge in [-0.1, -0.05) is 24.6 Å². The highest BCUT2D eigenvalue weighted by molar-refractivity contribution is 7.10. The van der Waals surface area contributed by atoms with Gasteiger partial charge in [0, 0.05) is 11.4 Å². The van der Waals surface area contributed by atoms with Crippen molar-refractivity contribution in [3.05, 3.63) is 39.3 Å². The molecule has 0 bridgehead atoms. The highest BCUT2D eigenvalue weighted by atomic mass is 35.5. The first-order valence-corrected chi connectivity index (χ1v) is 6.95. The van der Waals surface area contributed by atoms with Crippen molar-refractivity contribution in [1.82, 2.24) is 15.1 Å². The number of halogens is 1. The van der Waals surface area contributed by atoms with Gasteiger partial charge in [-0.15, -0.1) is 11.3 Å². The van der Waals surface area contributed by atoms with Gasteiger partial charge in [-0.25, -0.2) is 0 Å². The molecule has 5 heteroatoms. The summed E-state index contributed by atoms with van der Waals surface area (Å²) in [6.07, 6.45) is 2.77. The first-order chi connectivity index (χ1) is 8.27. The SMILES string of the molecule is CCCn1ncc(Cl)c1C(NC)c1cccs1. The summed E-state index contributed by atoms with van der Waals surface area (Å²) in [5.74, 6) is 0. The fourth-order valence-corrected chi connectivity index (χ4v) is 3.01. The van der Waals surface area contributed by atoms with Crippen LogP contribution in [0.4, 0.5) is 0 Å². The number of thiophene rings is 1. The highest BCUT2D eigenvalue weighted by Crippen LogP contribution is 2.30. The lowest BCUT2D eigenvalue weighted by molar-refractivity contribution is 0.538. The van der Waals surface area contributed by atoms with Crippen molar-refractivity contribution >= 4 is 22.9 Å². The summed E-state index contributed by atoms with van der Waals surface area (Å²) in [5, 5.41) is 10.5. The van der Waals surface area contributed by atoms with Gasteiger partial charge in [0.15, 0.2) is 0 Å². The van der Waals surface area contributed by atoms with Gasteiger partial charge in [-0.2, -0.15) is 5.10 Å². The minimum absolute atomic E-state index is 0.122. The molecule has 0 radical (unpaired) electrons. The molecule has 3 nitrogen and oxygen atoms in total. The maximum atomic E-state index is 6.25. The van der Waals surface area contributed by atoms with Gasteiger partial charge in [0.05, 0.1) is 23.0 Å². The van der Waals surface area contributed by atoms with Crippen LogP contribution in [0.25, 0.3) is 0 Å². The smallest absolute Gasteiger partial charge is 0.0854 e. The van der Waals surface area contributed by atoms with Gasteiger partial charge in [-0.3, -0.25) is 4.68 Å². The van der Waals surface area contributed by atoms with Gasteiger partial charge in [0.25, 0.3) is 0 Å². The van der Waals surface area contributed by atoms with Crippen LogP contribution in [0.1, 0.15) is 30.0 Å². The maximum Gasteiger partial charge on any atom is 0.0854 e. The van der Waals surface area contributed by atoms with Crippen LogP contribution in [0.2, 0.25) is 5.02 Å². The van der Waals surface area contributed by atoms with Gasteiger partial charge < -0.3 is 5.32 Å². The van der Waals surface area contributed by atoms with Crippen molar-refractivity contribution in [3.8, 4) is 0 Å². The standard InChI is InChI=1S/C12H16ClN3S/c1-3-6-16-12(9(13)8-15-16)11(14-2)10-5-4-7-17-10/h4-5,7-8,11,14H,3,6H2,1-2H3. The van der Waals surface area contributed by atoms with Gasteiger partial charge in [0.1, 0.15) is 0 Å². The quantitative estimate of drug-likeness (QED) is 0.902. The molecule has 0 saturated heterocycles. The van der Waals surface area contributed by atoms with E-state index in [1.165, 1.54) is 4.88 Å². The molecule has 1 atom stereocenters. The van der Waals surface area contributed by atoms with Crippen molar-refractivity contribution in [2.75, 3.05) is 7.05 Å². The third-order valence-corrected chi connectivity index (χ3v) is 3.89. The topological polar surface area (TPSA) is 29.9 Å². The maximum absolute atomic E-state index is 6.25. The number of rotatable bonds is 5. The minimum Gasteiger partial charge on any atom is -0.307 e. The number of hydrogen-bond donors (Lipinski definition) is 1. The number of hydrogen-bond acceptors (Lipinski definition) is 3. The second-order valence-corrected chi connectivity index (χ2v) is 5.22. The number of nitrogens with one attached hydrogen (secondary N) is 1. The highest BCUT2D eigenvalue weighted by Gasteiger charge is 2.21. The van der Waals surface area contributed by atoms with Crippen LogP contribution in [0.5, 0.6) is 0 Å². The third-order valence-electron chi connectivity index (χ3n) is 2.66. The molecule has 0 amide bonds. The fraction of sp³-hybridized carbons (Fsp3) is 0.417. The van der Waals surface area contributed by atoms with E-state index in [9.17, 15) is 0 Å². The van der Waals surface area contributed by atoms with E-state index in [1.54, 1.807) is 17.5 Å². The normalized spacial score (nSPS) is 12.9. The second kappa shape index (κ2) is 5.67. The molecule has 2 rings (SSSR count). The van der Waals surface area contributed by atoms with Crippen LogP contribution < -0.4 is 5.32 Å². The molecule has 92 valence electrons. The van der Waals surface area contributed by atoms with Crippen molar-refractivity contribution in [2.45, 2.75) is 25.9 Å². The zero-order chi connectivity index (χ0) is 12.3. The minimum atomic E-state index is 0.122. The Morgan fingerprint density at radius 1 is 1.59 bits per heavy atom. The summed E-state index contributed by atoms with van der Waals surface area (Å²) in [5.41, 5.74) is 1.05. The first kappa shape index (κ1) is 12.6. The Morgan fingerprint density at radius 3 is 3.00 bits per heavy atom. The Labute approximate surface area is 110 Å². The van der Waals surface area contributed by atoms with E-state index < -0.39 is 0 Å². The van der Waals surface area contributed by atoms with Gasteiger partial charge in [-0.05, 0) is 24.9 Å². The fourth-order valence-electron chi connectivity index (χ4n) is 1.92. The lowest BCUT2D eigenvalue weighted by atomic mass is 10.1. The lowest BCUT2D eigenvalue weighted by Crippen LogP contribution is -2.21. The molecule has 0 aliphatic rings. The average molecular weight is 270 g/mol. The van der Waals surface area contributed by atoms with E-state index in [2.05, 4.69) is 34.9 Å². The Hall–Kier alpha value is -0.840. The molecule has 1 N–H and O–H groups in total. The van der Waals surface area contributed by atoms with Gasteiger partial charge in [0.2, 0.25) is 0 Å². The number of aromatic nitrogens is 2. The van der Waals surface area contributed by atoms with Crippen LogP contribution in [0.3, 0.4) is 0 Å². The summed E-state index contributed by atoms with van der Waals surface area (Å²) in [7, 11) is 1.95. The van der Waals surface area contributed by atoms with Crippen LogP contribution >= 0.6 is 22.9 Å². The molecule has 0 aromatic carbocycles. The summed E-state index contributed by atoms with van der Waals surface area (Å²) < 4.78 is 1.99. The monoisotopic (exact) mass is 269 g/mol. The molecule has 2 aromatic rings. The molecule has 1 unspecified atom stereocenters. The summed E-state index contributed by atoms with van der Waals surface area (Å²) in [6, 6.07) is 4.29. The van der Waals surface area contributed by atoms with E-state index in [0.29, 0.717) is 0 Å². The molecule has 17 heavy (non-hydrogen) atoms. The zero-order valence-corrected chi connectivity index (χ0v) is 11.6.